The van der Waals surface area contributed by atoms with Gasteiger partial charge in [0, 0.05) is 18.1 Å². The lowest BCUT2D eigenvalue weighted by Crippen LogP contribution is -2.14. The number of pyridine rings is 1. The highest BCUT2D eigenvalue weighted by molar-refractivity contribution is 5.81. The first-order chi connectivity index (χ1) is 9.92. The maximum absolute atomic E-state index is 4.40. The first-order valence-corrected chi connectivity index (χ1v) is 7.95. The van der Waals surface area contributed by atoms with E-state index < -0.39 is 0 Å². The number of hydrogen-bond acceptors (Lipinski definition) is 2. The fraction of sp³-hybridized carbons (Fsp3) is 0.500. The number of hydrogen-bond donors (Lipinski definition) is 1. The molecule has 20 heavy (non-hydrogen) atoms. The molecule has 0 radical (unpaired) electrons. The average Bonchev–Trinajstić information content (AvgIpc) is 2.50. The van der Waals surface area contributed by atoms with Crippen molar-refractivity contribution >= 4 is 10.9 Å². The normalized spacial score (nSPS) is 11.1. The fourth-order valence-electron chi connectivity index (χ4n) is 2.56. The number of nitrogens with one attached hydrogen (secondary N) is 1. The predicted octanol–water partition coefficient (Wildman–Crippen LogP) is 4.68. The highest BCUT2D eigenvalue weighted by Gasteiger charge is 2.00. The Morgan fingerprint density at radius 1 is 0.950 bits per heavy atom. The van der Waals surface area contributed by atoms with E-state index in [2.05, 4.69) is 41.5 Å². The molecule has 108 valence electrons. The zero-order valence-corrected chi connectivity index (χ0v) is 12.6. The van der Waals surface area contributed by atoms with Crippen molar-refractivity contribution in [2.24, 2.45) is 0 Å². The van der Waals surface area contributed by atoms with E-state index in [1.54, 1.807) is 0 Å². The van der Waals surface area contributed by atoms with Crippen molar-refractivity contribution in [1.82, 2.24) is 10.3 Å². The van der Waals surface area contributed by atoms with Crippen LogP contribution in [0.2, 0.25) is 0 Å². The van der Waals surface area contributed by atoms with Gasteiger partial charge in [-0.15, -0.1) is 0 Å². The molecule has 2 heteroatoms. The molecular formula is C18H26N2. The van der Waals surface area contributed by atoms with Gasteiger partial charge in [-0.3, -0.25) is 4.98 Å². The Morgan fingerprint density at radius 3 is 2.65 bits per heavy atom. The van der Waals surface area contributed by atoms with Gasteiger partial charge in [-0.1, -0.05) is 57.2 Å². The van der Waals surface area contributed by atoms with Crippen LogP contribution in [0.5, 0.6) is 0 Å². The van der Waals surface area contributed by atoms with E-state index in [-0.39, 0.29) is 0 Å². The van der Waals surface area contributed by atoms with Crippen LogP contribution < -0.4 is 5.32 Å². The van der Waals surface area contributed by atoms with Crippen LogP contribution in [0, 0.1) is 0 Å². The molecule has 1 aromatic carbocycles. The first kappa shape index (κ1) is 15.0. The van der Waals surface area contributed by atoms with Crippen LogP contribution in [0.4, 0.5) is 0 Å². The molecule has 0 amide bonds. The van der Waals surface area contributed by atoms with Crippen LogP contribution >= 0.6 is 0 Å². The highest BCUT2D eigenvalue weighted by atomic mass is 14.8. The Balaban J connectivity index is 1.71. The smallest absolute Gasteiger partial charge is 0.0705 e. The van der Waals surface area contributed by atoms with Gasteiger partial charge < -0.3 is 5.32 Å². The summed E-state index contributed by atoms with van der Waals surface area (Å²) in [6, 6.07) is 10.5. The molecule has 0 saturated heterocycles. The SMILES string of the molecule is CCCCCCCCNCc1ccnc2ccccc12. The molecule has 1 heterocycles. The minimum absolute atomic E-state index is 0.942. The summed E-state index contributed by atoms with van der Waals surface area (Å²) in [6.07, 6.45) is 10.0. The Morgan fingerprint density at radius 2 is 1.75 bits per heavy atom. The summed E-state index contributed by atoms with van der Waals surface area (Å²) in [4.78, 5) is 4.40. The Labute approximate surface area is 122 Å². The second-order valence-electron chi connectivity index (χ2n) is 5.43. The lowest BCUT2D eigenvalue weighted by molar-refractivity contribution is 0.572. The van der Waals surface area contributed by atoms with Gasteiger partial charge in [0.15, 0.2) is 0 Å². The van der Waals surface area contributed by atoms with Gasteiger partial charge in [0.2, 0.25) is 0 Å². The maximum atomic E-state index is 4.40. The summed E-state index contributed by atoms with van der Waals surface area (Å²) in [5, 5.41) is 4.83. The van der Waals surface area contributed by atoms with Crippen LogP contribution in [0.3, 0.4) is 0 Å². The van der Waals surface area contributed by atoms with Gasteiger partial charge in [-0.2, -0.15) is 0 Å². The first-order valence-electron chi connectivity index (χ1n) is 7.95. The van der Waals surface area contributed by atoms with Crippen LogP contribution in [-0.4, -0.2) is 11.5 Å². The van der Waals surface area contributed by atoms with Crippen molar-refractivity contribution in [2.45, 2.75) is 52.0 Å². The summed E-state index contributed by atoms with van der Waals surface area (Å²) in [7, 11) is 0. The molecule has 0 aliphatic heterocycles. The lowest BCUT2D eigenvalue weighted by Gasteiger charge is -2.07. The van der Waals surface area contributed by atoms with Gasteiger partial charge >= 0.3 is 0 Å². The predicted molar refractivity (Wildman–Crippen MR) is 86.8 cm³/mol. The number of para-hydroxylation sites is 1. The quantitative estimate of drug-likeness (QED) is 0.669. The van der Waals surface area contributed by atoms with Crippen LogP contribution in [-0.2, 0) is 6.54 Å². The van der Waals surface area contributed by atoms with E-state index in [9.17, 15) is 0 Å². The molecule has 0 aliphatic carbocycles. The Bertz CT molecular complexity index is 502. The van der Waals surface area contributed by atoms with Gasteiger partial charge in [0.25, 0.3) is 0 Å². The third-order valence-electron chi connectivity index (χ3n) is 3.76. The minimum atomic E-state index is 0.942. The molecule has 0 fully saturated rings. The van der Waals surface area contributed by atoms with Crippen molar-refractivity contribution in [2.75, 3.05) is 6.54 Å². The van der Waals surface area contributed by atoms with E-state index in [0.29, 0.717) is 0 Å². The lowest BCUT2D eigenvalue weighted by atomic mass is 10.1. The second kappa shape index (κ2) is 8.70. The molecule has 2 rings (SSSR count). The molecule has 2 nitrogen and oxygen atoms in total. The van der Waals surface area contributed by atoms with E-state index in [1.807, 2.05) is 12.3 Å². The van der Waals surface area contributed by atoms with Gasteiger partial charge in [-0.05, 0) is 30.7 Å². The average molecular weight is 270 g/mol. The number of rotatable bonds is 9. The largest absolute Gasteiger partial charge is 0.313 e. The van der Waals surface area contributed by atoms with Crippen molar-refractivity contribution in [3.63, 3.8) is 0 Å². The summed E-state index contributed by atoms with van der Waals surface area (Å²) >= 11 is 0. The van der Waals surface area contributed by atoms with Gasteiger partial charge in [0.05, 0.1) is 5.52 Å². The third-order valence-corrected chi connectivity index (χ3v) is 3.76. The molecule has 0 aliphatic rings. The number of benzene rings is 1. The molecule has 0 spiro atoms. The minimum Gasteiger partial charge on any atom is -0.313 e. The van der Waals surface area contributed by atoms with E-state index >= 15 is 0 Å². The topological polar surface area (TPSA) is 24.9 Å². The summed E-state index contributed by atoms with van der Waals surface area (Å²) < 4.78 is 0. The molecule has 0 bridgehead atoms. The summed E-state index contributed by atoms with van der Waals surface area (Å²) in [6.45, 7) is 4.32. The molecule has 0 atom stereocenters. The molecule has 0 saturated carbocycles. The number of aromatic nitrogens is 1. The zero-order valence-electron chi connectivity index (χ0n) is 12.6. The van der Waals surface area contributed by atoms with Crippen LogP contribution in [0.15, 0.2) is 36.5 Å². The zero-order chi connectivity index (χ0) is 14.0. The van der Waals surface area contributed by atoms with Gasteiger partial charge in [-0.25, -0.2) is 0 Å². The molecule has 0 unspecified atom stereocenters. The molecule has 1 aromatic heterocycles. The molecular weight excluding hydrogens is 244 g/mol. The van der Waals surface area contributed by atoms with E-state index in [1.165, 1.54) is 49.5 Å². The Hall–Kier alpha value is -1.41. The molecule has 2 aromatic rings. The summed E-state index contributed by atoms with van der Waals surface area (Å²) in [5.74, 6) is 0. The second-order valence-corrected chi connectivity index (χ2v) is 5.43. The van der Waals surface area contributed by atoms with Crippen LogP contribution in [0.25, 0.3) is 10.9 Å². The van der Waals surface area contributed by atoms with Crippen LogP contribution in [0.1, 0.15) is 51.0 Å². The number of fused-ring (bicyclic) bond motifs is 1. The van der Waals surface area contributed by atoms with E-state index in [0.717, 1.165) is 18.6 Å². The van der Waals surface area contributed by atoms with Crippen molar-refractivity contribution in [1.29, 1.82) is 0 Å². The molecule has 1 N–H and O–H groups in total. The van der Waals surface area contributed by atoms with Gasteiger partial charge in [0.1, 0.15) is 0 Å². The fourth-order valence-corrected chi connectivity index (χ4v) is 2.56. The van der Waals surface area contributed by atoms with Crippen molar-refractivity contribution in [3.05, 3.63) is 42.1 Å². The number of nitrogens with zero attached hydrogens (tertiary/aromatic N) is 1. The third kappa shape index (κ3) is 4.61. The van der Waals surface area contributed by atoms with E-state index in [4.69, 9.17) is 0 Å². The Kier molecular flexibility index (Phi) is 6.52. The number of unbranched alkanes of at least 4 members (excludes halogenated alkanes) is 5. The highest BCUT2D eigenvalue weighted by Crippen LogP contribution is 2.15. The van der Waals surface area contributed by atoms with Crippen molar-refractivity contribution in [3.8, 4) is 0 Å². The standard InChI is InChI=1S/C18H26N2/c1-2-3-4-5-6-9-13-19-15-16-12-14-20-18-11-8-7-10-17(16)18/h7-8,10-12,14,19H,2-6,9,13,15H2,1H3. The van der Waals surface area contributed by atoms with Crippen molar-refractivity contribution < 1.29 is 0 Å². The monoisotopic (exact) mass is 270 g/mol. The summed E-state index contributed by atoms with van der Waals surface area (Å²) in [5.41, 5.74) is 2.44. The maximum Gasteiger partial charge on any atom is 0.0705 e.